The number of para-hydroxylation sites is 2. The third kappa shape index (κ3) is 5.45. The van der Waals surface area contributed by atoms with Crippen molar-refractivity contribution < 1.29 is 8.83 Å². The van der Waals surface area contributed by atoms with Crippen molar-refractivity contribution in [3.63, 3.8) is 0 Å². The number of furan rings is 2. The molecule has 0 N–H and O–H groups in total. The van der Waals surface area contributed by atoms with Crippen LogP contribution in [0.4, 0.5) is 0 Å². The fourth-order valence-electron chi connectivity index (χ4n) is 7.79. The molecule has 0 saturated carbocycles. The highest BCUT2D eigenvalue weighted by Crippen LogP contribution is 2.40. The molecule has 11 aromatic rings. The summed E-state index contributed by atoms with van der Waals surface area (Å²) in [6.07, 6.45) is 0. The van der Waals surface area contributed by atoms with Crippen molar-refractivity contribution >= 4 is 43.9 Å². The second-order valence-electron chi connectivity index (χ2n) is 14.0. The lowest BCUT2D eigenvalue weighted by Crippen LogP contribution is -2.00. The molecule has 0 radical (unpaired) electrons. The smallest absolute Gasteiger partial charge is 0.167 e. The van der Waals surface area contributed by atoms with Crippen LogP contribution in [0.15, 0.2) is 197 Å². The first-order valence-corrected chi connectivity index (χ1v) is 18.7. The van der Waals surface area contributed by atoms with Crippen LogP contribution in [0.1, 0.15) is 0 Å². The molecule has 3 heterocycles. The van der Waals surface area contributed by atoms with Gasteiger partial charge in [0.1, 0.15) is 22.3 Å². The highest BCUT2D eigenvalue weighted by atomic mass is 16.3. The molecule has 8 aromatic carbocycles. The van der Waals surface area contributed by atoms with Crippen molar-refractivity contribution in [1.82, 2.24) is 15.0 Å². The van der Waals surface area contributed by atoms with Gasteiger partial charge in [-0.15, -0.1) is 0 Å². The lowest BCUT2D eigenvalue weighted by atomic mass is 9.97. The van der Waals surface area contributed by atoms with Crippen molar-refractivity contribution in [3.05, 3.63) is 188 Å². The lowest BCUT2D eigenvalue weighted by molar-refractivity contribution is 0.668. The number of rotatable bonds is 6. The Morgan fingerprint density at radius 1 is 0.286 bits per heavy atom. The Morgan fingerprint density at radius 2 is 0.786 bits per heavy atom. The number of hydrogen-bond acceptors (Lipinski definition) is 5. The number of hydrogen-bond donors (Lipinski definition) is 0. The predicted molar refractivity (Wildman–Crippen MR) is 227 cm³/mol. The van der Waals surface area contributed by atoms with Gasteiger partial charge in [-0.25, -0.2) is 15.0 Å². The van der Waals surface area contributed by atoms with E-state index in [1.807, 2.05) is 78.9 Å². The Bertz CT molecular complexity index is 3220. The summed E-state index contributed by atoms with van der Waals surface area (Å²) in [5.74, 6) is 1.69. The summed E-state index contributed by atoms with van der Waals surface area (Å²) < 4.78 is 13.0. The molecule has 11 rings (SSSR count). The van der Waals surface area contributed by atoms with Gasteiger partial charge in [0.05, 0.1) is 5.56 Å². The van der Waals surface area contributed by atoms with Gasteiger partial charge in [0.15, 0.2) is 17.5 Å². The first kappa shape index (κ1) is 31.9. The molecule has 0 unspecified atom stereocenters. The van der Waals surface area contributed by atoms with E-state index < -0.39 is 0 Å². The Balaban J connectivity index is 0.991. The molecule has 0 atom stereocenters. The van der Waals surface area contributed by atoms with Gasteiger partial charge >= 0.3 is 0 Å². The van der Waals surface area contributed by atoms with E-state index in [4.69, 9.17) is 23.8 Å². The van der Waals surface area contributed by atoms with Crippen molar-refractivity contribution in [2.24, 2.45) is 0 Å². The maximum atomic E-state index is 6.73. The predicted octanol–water partition coefficient (Wildman–Crippen LogP) is 13.7. The molecular formula is C51H31N3O2. The SMILES string of the molecule is c1ccc(-c2ccc(-c3ccc(-c4ccc5c(c4)oc4c(-c6nc(-c7ccccc7)nc(-c7cccc8oc9ccccc9c78)n6)cccc45)cc3)cc2)cc1. The molecule has 0 aliphatic rings. The monoisotopic (exact) mass is 717 g/mol. The van der Waals surface area contributed by atoms with Crippen LogP contribution >= 0.6 is 0 Å². The topological polar surface area (TPSA) is 65.0 Å². The Hall–Kier alpha value is -7.63. The average molecular weight is 718 g/mol. The van der Waals surface area contributed by atoms with Gasteiger partial charge in [-0.05, 0) is 63.7 Å². The number of aromatic nitrogens is 3. The van der Waals surface area contributed by atoms with Gasteiger partial charge in [-0.3, -0.25) is 0 Å². The van der Waals surface area contributed by atoms with Crippen molar-refractivity contribution in [2.45, 2.75) is 0 Å². The second kappa shape index (κ2) is 13.0. The summed E-state index contributed by atoms with van der Waals surface area (Å²) in [7, 11) is 0. The summed E-state index contributed by atoms with van der Waals surface area (Å²) in [6.45, 7) is 0. The summed E-state index contributed by atoms with van der Waals surface area (Å²) in [5.41, 5.74) is 12.7. The van der Waals surface area contributed by atoms with Gasteiger partial charge in [-0.1, -0.05) is 158 Å². The molecular weight excluding hydrogens is 687 g/mol. The summed E-state index contributed by atoms with van der Waals surface area (Å²) in [4.78, 5) is 15.3. The molecule has 262 valence electrons. The minimum Gasteiger partial charge on any atom is -0.456 e. The average Bonchev–Trinajstić information content (AvgIpc) is 3.85. The maximum absolute atomic E-state index is 6.73. The van der Waals surface area contributed by atoms with E-state index in [0.29, 0.717) is 17.5 Å². The highest BCUT2D eigenvalue weighted by Gasteiger charge is 2.20. The van der Waals surface area contributed by atoms with Crippen molar-refractivity contribution in [2.75, 3.05) is 0 Å². The first-order chi connectivity index (χ1) is 27.7. The van der Waals surface area contributed by atoms with E-state index in [9.17, 15) is 0 Å². The van der Waals surface area contributed by atoms with Crippen LogP contribution in [-0.4, -0.2) is 15.0 Å². The fourth-order valence-corrected chi connectivity index (χ4v) is 7.79. The number of fused-ring (bicyclic) bond motifs is 6. The normalized spacial score (nSPS) is 11.6. The summed E-state index contributed by atoms with van der Waals surface area (Å²) in [6, 6.07) is 64.7. The van der Waals surface area contributed by atoms with E-state index in [2.05, 4.69) is 109 Å². The van der Waals surface area contributed by atoms with Gasteiger partial charge in [0.2, 0.25) is 0 Å². The van der Waals surface area contributed by atoms with Gasteiger partial charge in [0, 0.05) is 32.7 Å². The molecule has 3 aromatic heterocycles. The quantitative estimate of drug-likeness (QED) is 0.171. The maximum Gasteiger partial charge on any atom is 0.167 e. The Morgan fingerprint density at radius 3 is 1.50 bits per heavy atom. The minimum atomic E-state index is 0.538. The van der Waals surface area contributed by atoms with Crippen LogP contribution in [0.25, 0.3) is 111 Å². The zero-order valence-electron chi connectivity index (χ0n) is 30.1. The molecule has 0 bridgehead atoms. The van der Waals surface area contributed by atoms with Crippen LogP contribution in [0.2, 0.25) is 0 Å². The van der Waals surface area contributed by atoms with E-state index in [0.717, 1.165) is 71.7 Å². The van der Waals surface area contributed by atoms with E-state index in [1.54, 1.807) is 0 Å². The highest BCUT2D eigenvalue weighted by molar-refractivity contribution is 6.12. The molecule has 56 heavy (non-hydrogen) atoms. The van der Waals surface area contributed by atoms with Gasteiger partial charge in [0.25, 0.3) is 0 Å². The summed E-state index contributed by atoms with van der Waals surface area (Å²) in [5, 5.41) is 4.03. The van der Waals surface area contributed by atoms with E-state index in [1.165, 1.54) is 22.3 Å². The minimum absolute atomic E-state index is 0.538. The first-order valence-electron chi connectivity index (χ1n) is 18.7. The molecule has 0 aliphatic heterocycles. The van der Waals surface area contributed by atoms with Crippen LogP contribution in [0.3, 0.4) is 0 Å². The Labute approximate surface area is 322 Å². The number of benzene rings is 8. The second-order valence-corrected chi connectivity index (χ2v) is 14.0. The standard InChI is InChI=1S/C51H31N3O2/c1-3-11-32(12-4-1)33-21-23-34(24-22-33)35-25-27-36(28-26-35)38-29-30-39-40-16-9-18-43(48(40)56-46(39)31-38)51-53-49(37-13-5-2-6-14-37)52-50(54-51)42-17-10-20-45-47(42)41-15-7-8-19-44(41)55-45/h1-31H. The molecule has 5 heteroatoms. The lowest BCUT2D eigenvalue weighted by Gasteiger charge is -2.09. The van der Waals surface area contributed by atoms with E-state index in [-0.39, 0.29) is 0 Å². The molecule has 0 amide bonds. The fraction of sp³-hybridized carbons (Fsp3) is 0. The molecule has 0 spiro atoms. The molecule has 0 saturated heterocycles. The van der Waals surface area contributed by atoms with Crippen molar-refractivity contribution in [3.8, 4) is 67.5 Å². The zero-order chi connectivity index (χ0) is 37.0. The largest absolute Gasteiger partial charge is 0.456 e. The van der Waals surface area contributed by atoms with Crippen LogP contribution in [0.5, 0.6) is 0 Å². The van der Waals surface area contributed by atoms with Crippen LogP contribution < -0.4 is 0 Å². The molecule has 0 fully saturated rings. The number of nitrogens with zero attached hydrogens (tertiary/aromatic N) is 3. The summed E-state index contributed by atoms with van der Waals surface area (Å²) >= 11 is 0. The van der Waals surface area contributed by atoms with Crippen molar-refractivity contribution in [1.29, 1.82) is 0 Å². The zero-order valence-corrected chi connectivity index (χ0v) is 30.1. The molecule has 0 aliphatic carbocycles. The third-order valence-electron chi connectivity index (χ3n) is 10.6. The Kier molecular flexibility index (Phi) is 7.42. The third-order valence-corrected chi connectivity index (χ3v) is 10.6. The van der Waals surface area contributed by atoms with Gasteiger partial charge < -0.3 is 8.83 Å². The van der Waals surface area contributed by atoms with Crippen LogP contribution in [0, 0.1) is 0 Å². The van der Waals surface area contributed by atoms with Gasteiger partial charge in [-0.2, -0.15) is 0 Å². The molecule has 5 nitrogen and oxygen atoms in total. The van der Waals surface area contributed by atoms with Crippen LogP contribution in [-0.2, 0) is 0 Å². The van der Waals surface area contributed by atoms with E-state index >= 15 is 0 Å².